The highest BCUT2D eigenvalue weighted by Gasteiger charge is 2.31. The Balaban J connectivity index is 1.66. The Hall–Kier alpha value is -2.09. The second-order valence-corrected chi connectivity index (χ2v) is 10.6. The second kappa shape index (κ2) is 8.96. The van der Waals surface area contributed by atoms with Crippen molar-refractivity contribution in [2.24, 2.45) is 0 Å². The van der Waals surface area contributed by atoms with E-state index in [0.717, 1.165) is 6.54 Å². The topological polar surface area (TPSA) is 59.1 Å². The number of ether oxygens (including phenoxy) is 2. The van der Waals surface area contributed by atoms with Crippen molar-refractivity contribution in [3.8, 4) is 11.5 Å². The molecule has 164 valence electrons. The summed E-state index contributed by atoms with van der Waals surface area (Å²) in [6, 6.07) is 13.6. The summed E-state index contributed by atoms with van der Waals surface area (Å²) in [5, 5.41) is 0. The minimum atomic E-state index is -3.65. The summed E-state index contributed by atoms with van der Waals surface area (Å²) in [5.74, 6) is 0.823. The van der Waals surface area contributed by atoms with Crippen LogP contribution in [0.2, 0.25) is 0 Å². The van der Waals surface area contributed by atoms with Crippen LogP contribution in [-0.2, 0) is 22.0 Å². The van der Waals surface area contributed by atoms with Gasteiger partial charge in [0.1, 0.15) is 16.4 Å². The molecule has 6 nitrogen and oxygen atoms in total. The van der Waals surface area contributed by atoms with Crippen molar-refractivity contribution in [3.63, 3.8) is 0 Å². The zero-order chi connectivity index (χ0) is 21.9. The number of piperazine rings is 1. The fraction of sp³-hybridized carbons (Fsp3) is 0.478. The van der Waals surface area contributed by atoms with Crippen LogP contribution in [0.4, 0.5) is 0 Å². The summed E-state index contributed by atoms with van der Waals surface area (Å²) in [4.78, 5) is 2.44. The molecule has 7 heteroatoms. The molecule has 0 aliphatic carbocycles. The van der Waals surface area contributed by atoms with Crippen LogP contribution in [0.1, 0.15) is 31.9 Å². The molecule has 3 rings (SSSR count). The van der Waals surface area contributed by atoms with Gasteiger partial charge in [-0.15, -0.1) is 0 Å². The number of nitrogens with zero attached hydrogens (tertiary/aromatic N) is 2. The molecule has 30 heavy (non-hydrogen) atoms. The molecule has 2 aromatic rings. The van der Waals surface area contributed by atoms with Crippen LogP contribution in [0, 0.1) is 0 Å². The predicted molar refractivity (Wildman–Crippen MR) is 119 cm³/mol. The smallest absolute Gasteiger partial charge is 0.246 e. The molecule has 0 atom stereocenters. The first-order valence-corrected chi connectivity index (χ1v) is 11.6. The first-order valence-electron chi connectivity index (χ1n) is 10.2. The van der Waals surface area contributed by atoms with E-state index in [0.29, 0.717) is 37.7 Å². The third-order valence-electron chi connectivity index (χ3n) is 5.55. The monoisotopic (exact) mass is 432 g/mol. The maximum atomic E-state index is 13.2. The lowest BCUT2D eigenvalue weighted by Crippen LogP contribution is -2.48. The SMILES string of the molecule is COc1ccc(OC)c(S(=O)(=O)N2CCN(Cc3ccc(C(C)(C)C)cc3)CC2)c1. The Kier molecular flexibility index (Phi) is 6.75. The van der Waals surface area contributed by atoms with Gasteiger partial charge in [0.05, 0.1) is 14.2 Å². The maximum Gasteiger partial charge on any atom is 0.246 e. The van der Waals surface area contributed by atoms with Gasteiger partial charge in [-0.3, -0.25) is 4.90 Å². The van der Waals surface area contributed by atoms with Crippen LogP contribution in [0.3, 0.4) is 0 Å². The maximum absolute atomic E-state index is 13.2. The molecule has 0 radical (unpaired) electrons. The van der Waals surface area contributed by atoms with Gasteiger partial charge >= 0.3 is 0 Å². The van der Waals surface area contributed by atoms with Crippen LogP contribution in [0.5, 0.6) is 11.5 Å². The summed E-state index contributed by atoms with van der Waals surface area (Å²) in [5.41, 5.74) is 2.70. The first kappa shape index (κ1) is 22.6. The lowest BCUT2D eigenvalue weighted by molar-refractivity contribution is 0.181. The van der Waals surface area contributed by atoms with Gasteiger partial charge in [-0.1, -0.05) is 45.0 Å². The van der Waals surface area contributed by atoms with Crippen molar-refractivity contribution >= 4 is 10.0 Å². The minimum Gasteiger partial charge on any atom is -0.497 e. The third-order valence-corrected chi connectivity index (χ3v) is 7.47. The average molecular weight is 433 g/mol. The van der Waals surface area contributed by atoms with E-state index < -0.39 is 10.0 Å². The number of hydrogen-bond donors (Lipinski definition) is 0. The van der Waals surface area contributed by atoms with E-state index >= 15 is 0 Å². The second-order valence-electron chi connectivity index (χ2n) is 8.64. The van der Waals surface area contributed by atoms with Gasteiger partial charge in [-0.05, 0) is 28.7 Å². The number of methoxy groups -OCH3 is 2. The molecule has 1 saturated heterocycles. The Morgan fingerprint density at radius 1 is 0.900 bits per heavy atom. The van der Waals surface area contributed by atoms with Gasteiger partial charge in [-0.2, -0.15) is 4.31 Å². The van der Waals surface area contributed by atoms with E-state index in [-0.39, 0.29) is 10.3 Å². The summed E-state index contributed by atoms with van der Waals surface area (Å²) in [7, 11) is -0.659. The zero-order valence-electron chi connectivity index (χ0n) is 18.5. The fourth-order valence-corrected chi connectivity index (χ4v) is 5.21. The molecule has 0 spiro atoms. The third kappa shape index (κ3) is 4.96. The molecule has 1 aliphatic rings. The fourth-order valence-electron chi connectivity index (χ4n) is 3.62. The Morgan fingerprint density at radius 3 is 2.07 bits per heavy atom. The van der Waals surface area contributed by atoms with Crippen LogP contribution < -0.4 is 9.47 Å². The summed E-state index contributed by atoms with van der Waals surface area (Å²) in [6.45, 7) is 9.71. The Labute approximate surface area is 180 Å². The largest absolute Gasteiger partial charge is 0.497 e. The molecule has 0 amide bonds. The highest BCUT2D eigenvalue weighted by atomic mass is 32.2. The molecule has 0 aromatic heterocycles. The Morgan fingerprint density at radius 2 is 1.53 bits per heavy atom. The molecule has 0 N–H and O–H groups in total. The van der Waals surface area contributed by atoms with E-state index in [4.69, 9.17) is 9.47 Å². The molecule has 1 aliphatic heterocycles. The Bertz CT molecular complexity index is 958. The number of benzene rings is 2. The van der Waals surface area contributed by atoms with Gasteiger partial charge in [0.2, 0.25) is 10.0 Å². The molecule has 1 heterocycles. The van der Waals surface area contributed by atoms with Crippen molar-refractivity contribution in [1.29, 1.82) is 0 Å². The van der Waals surface area contributed by atoms with Crippen molar-refractivity contribution in [3.05, 3.63) is 53.6 Å². The van der Waals surface area contributed by atoms with E-state index in [1.807, 2.05) is 0 Å². The van der Waals surface area contributed by atoms with Gasteiger partial charge < -0.3 is 9.47 Å². The van der Waals surface area contributed by atoms with Crippen LogP contribution in [0.15, 0.2) is 47.4 Å². The number of hydrogen-bond acceptors (Lipinski definition) is 5. The molecule has 0 bridgehead atoms. The van der Waals surface area contributed by atoms with E-state index in [2.05, 4.69) is 49.9 Å². The number of rotatable bonds is 6. The van der Waals surface area contributed by atoms with Crippen molar-refractivity contribution in [2.75, 3.05) is 40.4 Å². The van der Waals surface area contributed by atoms with Gasteiger partial charge in [0, 0.05) is 38.8 Å². The first-order chi connectivity index (χ1) is 14.1. The van der Waals surface area contributed by atoms with Crippen molar-refractivity contribution in [1.82, 2.24) is 9.21 Å². The lowest BCUT2D eigenvalue weighted by Gasteiger charge is -2.34. The molecule has 0 saturated carbocycles. The molecule has 1 fully saturated rings. The van der Waals surface area contributed by atoms with Crippen LogP contribution in [0.25, 0.3) is 0 Å². The number of sulfonamides is 1. The van der Waals surface area contributed by atoms with Gasteiger partial charge in [-0.25, -0.2) is 8.42 Å². The quantitative estimate of drug-likeness (QED) is 0.699. The standard InChI is InChI=1S/C23H32N2O4S/c1-23(2,3)19-8-6-18(7-9-19)17-24-12-14-25(15-13-24)30(26,27)22-16-20(28-4)10-11-21(22)29-5/h6-11,16H,12-15,17H2,1-5H3. The summed E-state index contributed by atoms with van der Waals surface area (Å²) >= 11 is 0. The highest BCUT2D eigenvalue weighted by molar-refractivity contribution is 7.89. The summed E-state index contributed by atoms with van der Waals surface area (Å²) < 4.78 is 38.4. The molecular formula is C23H32N2O4S. The van der Waals surface area contributed by atoms with Crippen LogP contribution in [-0.4, -0.2) is 58.0 Å². The van der Waals surface area contributed by atoms with Gasteiger partial charge in [0.25, 0.3) is 0 Å². The van der Waals surface area contributed by atoms with Crippen molar-refractivity contribution < 1.29 is 17.9 Å². The van der Waals surface area contributed by atoms with E-state index in [1.165, 1.54) is 35.7 Å². The van der Waals surface area contributed by atoms with E-state index in [9.17, 15) is 8.42 Å². The minimum absolute atomic E-state index is 0.139. The van der Waals surface area contributed by atoms with Crippen molar-refractivity contribution in [2.45, 2.75) is 37.6 Å². The predicted octanol–water partition coefficient (Wildman–Crippen LogP) is 3.51. The zero-order valence-corrected chi connectivity index (χ0v) is 19.3. The highest BCUT2D eigenvalue weighted by Crippen LogP contribution is 2.31. The molecular weight excluding hydrogens is 400 g/mol. The van der Waals surface area contributed by atoms with Gasteiger partial charge in [0.15, 0.2) is 0 Å². The van der Waals surface area contributed by atoms with E-state index in [1.54, 1.807) is 12.1 Å². The normalized spacial score (nSPS) is 16.4. The molecule has 2 aromatic carbocycles. The van der Waals surface area contributed by atoms with Crippen LogP contribution >= 0.6 is 0 Å². The lowest BCUT2D eigenvalue weighted by atomic mass is 9.87. The average Bonchev–Trinajstić information content (AvgIpc) is 2.73. The summed E-state index contributed by atoms with van der Waals surface area (Å²) in [6.07, 6.45) is 0. The molecule has 0 unspecified atom stereocenters.